The van der Waals surface area contributed by atoms with E-state index in [9.17, 15) is 0 Å². The van der Waals surface area contributed by atoms with Gasteiger partial charge in [0.1, 0.15) is 10.0 Å². The predicted octanol–water partition coefficient (Wildman–Crippen LogP) is 4.69. The molecule has 0 amide bonds. The maximum atomic E-state index is 6.21. The van der Waals surface area contributed by atoms with Crippen molar-refractivity contribution in [3.63, 3.8) is 0 Å². The van der Waals surface area contributed by atoms with Crippen LogP contribution in [0.2, 0.25) is 0 Å². The summed E-state index contributed by atoms with van der Waals surface area (Å²) in [6.07, 6.45) is 5.14. The van der Waals surface area contributed by atoms with E-state index in [4.69, 9.17) is 10.7 Å². The van der Waals surface area contributed by atoms with Crippen LogP contribution in [-0.2, 0) is 0 Å². The molecule has 19 heavy (non-hydrogen) atoms. The van der Waals surface area contributed by atoms with Crippen LogP contribution in [0.25, 0.3) is 10.6 Å². The lowest BCUT2D eigenvalue weighted by Crippen LogP contribution is -2.13. The molecule has 0 radical (unpaired) electrons. The molecule has 100 valence electrons. The summed E-state index contributed by atoms with van der Waals surface area (Å²) in [4.78, 5) is 4.83. The Hall–Kier alpha value is -1.35. The highest BCUT2D eigenvalue weighted by Crippen LogP contribution is 2.41. The number of thiazole rings is 1. The monoisotopic (exact) mass is 272 g/mol. The molecule has 0 aliphatic heterocycles. The van der Waals surface area contributed by atoms with Gasteiger partial charge in [-0.15, -0.1) is 0 Å². The molecule has 1 heterocycles. The molecule has 2 unspecified atom stereocenters. The Kier molecular flexibility index (Phi) is 3.56. The first-order valence-corrected chi connectivity index (χ1v) is 7.87. The summed E-state index contributed by atoms with van der Waals surface area (Å²) < 4.78 is 0. The summed E-state index contributed by atoms with van der Waals surface area (Å²) in [5, 5.41) is 1.98. The number of nitrogen functional groups attached to an aromatic ring is 1. The third-order valence-corrected chi connectivity index (χ3v) is 4.97. The Labute approximate surface area is 118 Å². The van der Waals surface area contributed by atoms with Gasteiger partial charge < -0.3 is 5.73 Å². The fourth-order valence-corrected chi connectivity index (χ4v) is 3.95. The predicted molar refractivity (Wildman–Crippen MR) is 82.3 cm³/mol. The lowest BCUT2D eigenvalue weighted by atomic mass is 9.81. The zero-order valence-corrected chi connectivity index (χ0v) is 12.1. The third kappa shape index (κ3) is 2.66. The van der Waals surface area contributed by atoms with E-state index in [0.29, 0.717) is 5.92 Å². The van der Waals surface area contributed by atoms with Gasteiger partial charge in [-0.25, -0.2) is 4.98 Å². The van der Waals surface area contributed by atoms with Gasteiger partial charge in [0.15, 0.2) is 0 Å². The van der Waals surface area contributed by atoms with Crippen LogP contribution in [0.15, 0.2) is 30.3 Å². The molecule has 1 aromatic heterocycles. The molecule has 2 N–H and O–H groups in total. The average Bonchev–Trinajstić information content (AvgIpc) is 2.82. The first kappa shape index (κ1) is 12.7. The van der Waals surface area contributed by atoms with Gasteiger partial charge in [-0.2, -0.15) is 0 Å². The van der Waals surface area contributed by atoms with Crippen LogP contribution in [-0.4, -0.2) is 4.98 Å². The van der Waals surface area contributed by atoms with Crippen molar-refractivity contribution in [2.75, 3.05) is 5.73 Å². The van der Waals surface area contributed by atoms with Crippen molar-refractivity contribution in [1.29, 1.82) is 0 Å². The van der Waals surface area contributed by atoms with Crippen molar-refractivity contribution < 1.29 is 0 Å². The van der Waals surface area contributed by atoms with Crippen molar-refractivity contribution in [2.24, 2.45) is 5.92 Å². The number of hydrogen-bond donors (Lipinski definition) is 1. The largest absolute Gasteiger partial charge is 0.389 e. The van der Waals surface area contributed by atoms with Crippen molar-refractivity contribution in [3.8, 4) is 10.6 Å². The van der Waals surface area contributed by atoms with Crippen molar-refractivity contribution in [2.45, 2.75) is 38.5 Å². The average molecular weight is 272 g/mol. The van der Waals surface area contributed by atoms with Gasteiger partial charge in [-0.3, -0.25) is 0 Å². The lowest BCUT2D eigenvalue weighted by Gasteiger charge is -2.25. The van der Waals surface area contributed by atoms with Crippen LogP contribution >= 0.6 is 11.3 Å². The number of benzene rings is 1. The maximum absolute atomic E-state index is 6.21. The van der Waals surface area contributed by atoms with E-state index in [-0.39, 0.29) is 0 Å². The van der Waals surface area contributed by atoms with E-state index in [1.807, 2.05) is 6.07 Å². The lowest BCUT2D eigenvalue weighted by molar-refractivity contribution is 0.341. The van der Waals surface area contributed by atoms with E-state index >= 15 is 0 Å². The Morgan fingerprint density at radius 1 is 1.21 bits per heavy atom. The van der Waals surface area contributed by atoms with Crippen LogP contribution in [0.3, 0.4) is 0 Å². The standard InChI is InChI=1S/C16H20N2S/c1-11-6-5-9-13(10-11)14-15(17)19-16(18-14)12-7-3-2-4-8-12/h2-4,7-8,11,13H,5-6,9-10,17H2,1H3. The molecule has 0 saturated heterocycles. The summed E-state index contributed by atoms with van der Waals surface area (Å²) in [7, 11) is 0. The molecule has 1 aliphatic carbocycles. The highest BCUT2D eigenvalue weighted by Gasteiger charge is 2.25. The molecule has 3 heteroatoms. The number of nitrogens with two attached hydrogens (primary N) is 1. The molecular weight excluding hydrogens is 252 g/mol. The maximum Gasteiger partial charge on any atom is 0.125 e. The number of hydrogen-bond acceptors (Lipinski definition) is 3. The van der Waals surface area contributed by atoms with Crippen LogP contribution in [0.1, 0.15) is 44.2 Å². The van der Waals surface area contributed by atoms with E-state index in [1.54, 1.807) is 11.3 Å². The first-order chi connectivity index (χ1) is 9.24. The molecule has 1 aliphatic rings. The van der Waals surface area contributed by atoms with Crippen LogP contribution in [0.5, 0.6) is 0 Å². The highest BCUT2D eigenvalue weighted by atomic mass is 32.1. The second kappa shape index (κ2) is 5.33. The van der Waals surface area contributed by atoms with Crippen LogP contribution in [0.4, 0.5) is 5.00 Å². The van der Waals surface area contributed by atoms with Gasteiger partial charge in [0.05, 0.1) is 5.69 Å². The Bertz CT molecular complexity index is 547. The second-order valence-electron chi connectivity index (χ2n) is 5.60. The van der Waals surface area contributed by atoms with Gasteiger partial charge >= 0.3 is 0 Å². The molecule has 3 rings (SSSR count). The molecular formula is C16H20N2S. The fraction of sp³-hybridized carbons (Fsp3) is 0.438. The number of anilines is 1. The Morgan fingerprint density at radius 3 is 2.74 bits per heavy atom. The molecule has 2 nitrogen and oxygen atoms in total. The van der Waals surface area contributed by atoms with Gasteiger partial charge in [0.2, 0.25) is 0 Å². The van der Waals surface area contributed by atoms with Crippen molar-refractivity contribution in [3.05, 3.63) is 36.0 Å². The van der Waals surface area contributed by atoms with E-state index < -0.39 is 0 Å². The molecule has 1 aromatic carbocycles. The molecule has 0 spiro atoms. The Morgan fingerprint density at radius 2 is 2.00 bits per heavy atom. The molecule has 0 bridgehead atoms. The fourth-order valence-electron chi connectivity index (χ4n) is 3.02. The SMILES string of the molecule is CC1CCCC(c2nc(-c3ccccc3)sc2N)C1. The van der Waals surface area contributed by atoms with Crippen molar-refractivity contribution in [1.82, 2.24) is 4.98 Å². The smallest absolute Gasteiger partial charge is 0.125 e. The molecule has 1 fully saturated rings. The topological polar surface area (TPSA) is 38.9 Å². The first-order valence-electron chi connectivity index (χ1n) is 7.05. The van der Waals surface area contributed by atoms with Crippen molar-refractivity contribution >= 4 is 16.3 Å². The number of nitrogens with zero attached hydrogens (tertiary/aromatic N) is 1. The minimum absolute atomic E-state index is 0.567. The van der Waals surface area contributed by atoms with Crippen LogP contribution < -0.4 is 5.73 Å². The van der Waals surface area contributed by atoms with Gasteiger partial charge in [0, 0.05) is 11.5 Å². The van der Waals surface area contributed by atoms with Gasteiger partial charge in [-0.05, 0) is 18.8 Å². The van der Waals surface area contributed by atoms with Gasteiger partial charge in [-0.1, -0.05) is 61.4 Å². The molecule has 2 aromatic rings. The summed E-state index contributed by atoms with van der Waals surface area (Å²) in [5.74, 6) is 1.37. The summed E-state index contributed by atoms with van der Waals surface area (Å²) in [5.41, 5.74) is 8.53. The quantitative estimate of drug-likeness (QED) is 0.861. The second-order valence-corrected chi connectivity index (χ2v) is 6.63. The summed E-state index contributed by atoms with van der Waals surface area (Å²) in [6.45, 7) is 2.34. The minimum Gasteiger partial charge on any atom is -0.389 e. The van der Waals surface area contributed by atoms with E-state index in [2.05, 4.69) is 31.2 Å². The molecule has 1 saturated carbocycles. The third-order valence-electron chi connectivity index (χ3n) is 4.02. The van der Waals surface area contributed by atoms with E-state index in [1.165, 1.54) is 31.2 Å². The molecule has 2 atom stereocenters. The zero-order valence-electron chi connectivity index (χ0n) is 11.3. The van der Waals surface area contributed by atoms with E-state index in [0.717, 1.165) is 21.6 Å². The summed E-state index contributed by atoms with van der Waals surface area (Å²) >= 11 is 1.63. The number of aromatic nitrogens is 1. The van der Waals surface area contributed by atoms with Gasteiger partial charge in [0.25, 0.3) is 0 Å². The Balaban J connectivity index is 1.89. The highest BCUT2D eigenvalue weighted by molar-refractivity contribution is 7.18. The zero-order chi connectivity index (χ0) is 13.2. The number of rotatable bonds is 2. The minimum atomic E-state index is 0.567. The normalized spacial score (nSPS) is 23.4. The van der Waals surface area contributed by atoms with Crippen LogP contribution in [0, 0.1) is 5.92 Å². The summed E-state index contributed by atoms with van der Waals surface area (Å²) in [6, 6.07) is 10.3.